The summed E-state index contributed by atoms with van der Waals surface area (Å²) >= 11 is 0. The Morgan fingerprint density at radius 3 is 2.32 bits per heavy atom. The third-order valence-corrected chi connectivity index (χ3v) is 5.23. The standard InChI is InChI=1S/C23H32N4O3.HI/c1-4-24-23(25-17-22(28)18-7-5-9-20(15-18)29-2)27-13-11-26(12-14-27)19-8-6-10-21(16-19)30-3;/h5-10,15-16,22,28H,4,11-14,17H2,1-3H3,(H,24,25);1H. The Hall–Kier alpha value is -2.20. The van der Waals surface area contributed by atoms with Crippen molar-refractivity contribution in [2.45, 2.75) is 13.0 Å². The quantitative estimate of drug-likeness (QED) is 0.320. The van der Waals surface area contributed by atoms with Crippen LogP contribution in [0.4, 0.5) is 5.69 Å². The van der Waals surface area contributed by atoms with Crippen molar-refractivity contribution >= 4 is 35.6 Å². The topological polar surface area (TPSA) is 69.6 Å². The number of halogens is 1. The lowest BCUT2D eigenvalue weighted by molar-refractivity contribution is 0.186. The van der Waals surface area contributed by atoms with E-state index in [1.54, 1.807) is 14.2 Å². The Morgan fingerprint density at radius 1 is 1.03 bits per heavy atom. The maximum absolute atomic E-state index is 10.6. The predicted octanol–water partition coefficient (Wildman–Crippen LogP) is 3.14. The zero-order valence-electron chi connectivity index (χ0n) is 18.5. The number of nitrogens with one attached hydrogen (secondary N) is 1. The molecule has 0 saturated carbocycles. The molecule has 0 bridgehead atoms. The number of nitrogens with zero attached hydrogens (tertiary/aromatic N) is 3. The molecule has 0 amide bonds. The summed E-state index contributed by atoms with van der Waals surface area (Å²) in [6.07, 6.45) is -0.674. The number of piperazine rings is 1. The van der Waals surface area contributed by atoms with E-state index < -0.39 is 6.10 Å². The highest BCUT2D eigenvalue weighted by Gasteiger charge is 2.20. The van der Waals surface area contributed by atoms with Crippen molar-refractivity contribution in [1.29, 1.82) is 0 Å². The third-order valence-electron chi connectivity index (χ3n) is 5.23. The normalized spacial score (nSPS) is 15.2. The van der Waals surface area contributed by atoms with Crippen molar-refractivity contribution in [3.63, 3.8) is 0 Å². The van der Waals surface area contributed by atoms with Crippen LogP contribution in [-0.2, 0) is 0 Å². The number of guanidine groups is 1. The Labute approximate surface area is 202 Å². The first-order valence-corrected chi connectivity index (χ1v) is 10.4. The monoisotopic (exact) mass is 540 g/mol. The number of rotatable bonds is 7. The van der Waals surface area contributed by atoms with Crippen LogP contribution < -0.4 is 19.7 Å². The lowest BCUT2D eigenvalue weighted by Gasteiger charge is -2.37. The van der Waals surface area contributed by atoms with Crippen LogP contribution in [0.5, 0.6) is 11.5 Å². The van der Waals surface area contributed by atoms with Crippen molar-refractivity contribution in [2.24, 2.45) is 4.99 Å². The van der Waals surface area contributed by atoms with E-state index in [4.69, 9.17) is 14.5 Å². The van der Waals surface area contributed by atoms with E-state index in [2.05, 4.69) is 34.2 Å². The molecule has 170 valence electrons. The highest BCUT2D eigenvalue weighted by Crippen LogP contribution is 2.22. The third kappa shape index (κ3) is 6.90. The van der Waals surface area contributed by atoms with Gasteiger partial charge in [0.15, 0.2) is 5.96 Å². The van der Waals surface area contributed by atoms with Crippen molar-refractivity contribution in [2.75, 3.05) is 58.4 Å². The first kappa shape index (κ1) is 25.1. The fourth-order valence-corrected chi connectivity index (χ4v) is 3.54. The van der Waals surface area contributed by atoms with Gasteiger partial charge in [-0.15, -0.1) is 24.0 Å². The van der Waals surface area contributed by atoms with Crippen LogP contribution in [0.15, 0.2) is 53.5 Å². The van der Waals surface area contributed by atoms with Gasteiger partial charge in [0, 0.05) is 44.5 Å². The number of methoxy groups -OCH3 is 2. The van der Waals surface area contributed by atoms with Crippen molar-refractivity contribution in [3.05, 3.63) is 54.1 Å². The van der Waals surface area contributed by atoms with Crippen LogP contribution in [0.25, 0.3) is 0 Å². The van der Waals surface area contributed by atoms with Gasteiger partial charge in [-0.3, -0.25) is 4.99 Å². The van der Waals surface area contributed by atoms with E-state index in [9.17, 15) is 5.11 Å². The van der Waals surface area contributed by atoms with E-state index in [-0.39, 0.29) is 24.0 Å². The Morgan fingerprint density at radius 2 is 1.68 bits per heavy atom. The molecule has 2 N–H and O–H groups in total. The van der Waals surface area contributed by atoms with Crippen LogP contribution in [0, 0.1) is 0 Å². The number of aliphatic hydroxyl groups excluding tert-OH is 1. The number of benzene rings is 2. The van der Waals surface area contributed by atoms with Crippen LogP contribution in [0.2, 0.25) is 0 Å². The van der Waals surface area contributed by atoms with Crippen molar-refractivity contribution in [3.8, 4) is 11.5 Å². The molecule has 0 radical (unpaired) electrons. The second kappa shape index (κ2) is 12.6. The predicted molar refractivity (Wildman–Crippen MR) is 136 cm³/mol. The largest absolute Gasteiger partial charge is 0.497 e. The van der Waals surface area contributed by atoms with E-state index in [1.807, 2.05) is 36.4 Å². The maximum atomic E-state index is 10.6. The Balaban J connectivity index is 0.00000341. The summed E-state index contributed by atoms with van der Waals surface area (Å²) < 4.78 is 10.6. The summed E-state index contributed by atoms with van der Waals surface area (Å²) in [6.45, 7) is 6.65. The van der Waals surface area contributed by atoms with Gasteiger partial charge >= 0.3 is 0 Å². The first-order valence-electron chi connectivity index (χ1n) is 10.4. The van der Waals surface area contributed by atoms with Crippen LogP contribution >= 0.6 is 24.0 Å². The molecule has 31 heavy (non-hydrogen) atoms. The molecule has 1 unspecified atom stereocenters. The minimum Gasteiger partial charge on any atom is -0.497 e. The zero-order valence-corrected chi connectivity index (χ0v) is 20.8. The number of aliphatic imine (C=N–C) groups is 1. The molecule has 1 heterocycles. The van der Waals surface area contributed by atoms with Crippen molar-refractivity contribution < 1.29 is 14.6 Å². The number of hydrogen-bond acceptors (Lipinski definition) is 5. The first-order chi connectivity index (χ1) is 14.6. The summed E-state index contributed by atoms with van der Waals surface area (Å²) in [5.41, 5.74) is 1.97. The Kier molecular flexibility index (Phi) is 10.2. The van der Waals surface area contributed by atoms with Gasteiger partial charge < -0.3 is 29.7 Å². The van der Waals surface area contributed by atoms with Gasteiger partial charge in [-0.2, -0.15) is 0 Å². The van der Waals surface area contributed by atoms with Crippen molar-refractivity contribution in [1.82, 2.24) is 10.2 Å². The molecule has 2 aromatic carbocycles. The van der Waals surface area contributed by atoms with E-state index in [0.717, 1.165) is 55.7 Å². The van der Waals surface area contributed by atoms with Crippen LogP contribution in [0.1, 0.15) is 18.6 Å². The van der Waals surface area contributed by atoms with Gasteiger partial charge in [-0.25, -0.2) is 0 Å². The fourth-order valence-electron chi connectivity index (χ4n) is 3.54. The zero-order chi connectivity index (χ0) is 21.3. The summed E-state index contributed by atoms with van der Waals surface area (Å²) in [5, 5.41) is 13.9. The molecular formula is C23H33IN4O3. The molecule has 0 aliphatic carbocycles. The molecule has 3 rings (SSSR count). The molecule has 1 aliphatic rings. The van der Waals surface area contributed by atoms with Crippen LogP contribution in [0.3, 0.4) is 0 Å². The molecular weight excluding hydrogens is 507 g/mol. The minimum atomic E-state index is -0.674. The molecule has 7 nitrogen and oxygen atoms in total. The smallest absolute Gasteiger partial charge is 0.194 e. The lowest BCUT2D eigenvalue weighted by atomic mass is 10.1. The van der Waals surface area contributed by atoms with Gasteiger partial charge in [-0.05, 0) is 36.8 Å². The highest BCUT2D eigenvalue weighted by atomic mass is 127. The SMILES string of the molecule is CCNC(=NCC(O)c1cccc(OC)c1)N1CCN(c2cccc(OC)c2)CC1.I. The highest BCUT2D eigenvalue weighted by molar-refractivity contribution is 14.0. The second-order valence-electron chi connectivity index (χ2n) is 7.16. The maximum Gasteiger partial charge on any atom is 0.194 e. The Bertz CT molecular complexity index is 841. The van der Waals surface area contributed by atoms with Gasteiger partial charge in [-0.1, -0.05) is 18.2 Å². The summed E-state index contributed by atoms with van der Waals surface area (Å²) in [5.74, 6) is 2.44. The average molecular weight is 540 g/mol. The summed E-state index contributed by atoms with van der Waals surface area (Å²) in [7, 11) is 3.31. The van der Waals surface area contributed by atoms with Gasteiger partial charge in [0.2, 0.25) is 0 Å². The molecule has 1 aliphatic heterocycles. The van der Waals surface area contributed by atoms with Gasteiger partial charge in [0.05, 0.1) is 26.9 Å². The second-order valence-corrected chi connectivity index (χ2v) is 7.16. The molecule has 1 fully saturated rings. The van der Waals surface area contributed by atoms with E-state index in [0.29, 0.717) is 6.54 Å². The number of hydrogen-bond donors (Lipinski definition) is 2. The lowest BCUT2D eigenvalue weighted by Crippen LogP contribution is -2.52. The summed E-state index contributed by atoms with van der Waals surface area (Å²) in [4.78, 5) is 9.30. The van der Waals surface area contributed by atoms with Crippen LogP contribution in [-0.4, -0.2) is 69.5 Å². The summed E-state index contributed by atoms with van der Waals surface area (Å²) in [6, 6.07) is 15.6. The molecule has 1 saturated heterocycles. The molecule has 1 atom stereocenters. The van der Waals surface area contributed by atoms with E-state index >= 15 is 0 Å². The molecule has 8 heteroatoms. The van der Waals surface area contributed by atoms with Gasteiger partial charge in [0.25, 0.3) is 0 Å². The van der Waals surface area contributed by atoms with E-state index in [1.165, 1.54) is 5.69 Å². The molecule has 2 aromatic rings. The number of aliphatic hydroxyl groups is 1. The van der Waals surface area contributed by atoms with Gasteiger partial charge in [0.1, 0.15) is 11.5 Å². The fraction of sp³-hybridized carbons (Fsp3) is 0.435. The molecule has 0 aromatic heterocycles. The molecule has 0 spiro atoms. The number of anilines is 1. The number of ether oxygens (including phenoxy) is 2. The average Bonchev–Trinajstić information content (AvgIpc) is 2.81. The minimum absolute atomic E-state index is 0.